The van der Waals surface area contributed by atoms with E-state index in [1.54, 1.807) is 35.9 Å². The van der Waals surface area contributed by atoms with Crippen LogP contribution in [0, 0.1) is 0 Å². The Labute approximate surface area is 219 Å². The Kier molecular flexibility index (Phi) is 7.16. The summed E-state index contributed by atoms with van der Waals surface area (Å²) < 4.78 is 28.2. The van der Waals surface area contributed by atoms with Crippen molar-refractivity contribution < 1.29 is 18.3 Å². The number of aliphatic carboxylic acids is 1. The minimum absolute atomic E-state index is 0.0930. The molecule has 2 aromatic rings. The van der Waals surface area contributed by atoms with E-state index in [0.29, 0.717) is 4.21 Å². The van der Waals surface area contributed by atoms with Gasteiger partial charge < -0.3 is 10.0 Å². The van der Waals surface area contributed by atoms with Crippen molar-refractivity contribution in [1.29, 1.82) is 0 Å². The van der Waals surface area contributed by atoms with Gasteiger partial charge in [-0.05, 0) is 23.1 Å². The number of nitrogens with zero attached hydrogens (tertiary/aromatic N) is 5. The molecular formula is C24H29N5O4S3. The summed E-state index contributed by atoms with van der Waals surface area (Å²) in [6.45, 7) is 4.03. The number of carbonyl (C=O) groups is 1. The highest BCUT2D eigenvalue weighted by Gasteiger charge is 2.41. The molecule has 2 aromatic heterocycles. The molecule has 2 aliphatic heterocycles. The fourth-order valence-corrected chi connectivity index (χ4v) is 8.45. The van der Waals surface area contributed by atoms with Crippen LogP contribution in [-0.4, -0.2) is 102 Å². The standard InChI is InChI=1S/C24H29N5O4S3/c1-26-20(24-25-14-18(35-24)15-28-8-10-29(11-9-28)16-21(30)31)13-17-5-3-6-19(23(17)26)27(2)36(32,33)22-7-4-12-34-22/h3-7,12-14,19,23H,8-11,15-16H2,1-2H3,(H,30,31). The minimum Gasteiger partial charge on any atom is -0.480 e. The maximum atomic E-state index is 13.2. The zero-order valence-corrected chi connectivity index (χ0v) is 22.6. The lowest BCUT2D eigenvalue weighted by Gasteiger charge is -2.37. The first-order valence-corrected chi connectivity index (χ1v) is 14.8. The first-order valence-electron chi connectivity index (χ1n) is 11.7. The highest BCUT2D eigenvalue weighted by atomic mass is 32.2. The van der Waals surface area contributed by atoms with Crippen molar-refractivity contribution in [2.45, 2.75) is 22.8 Å². The third-order valence-electron chi connectivity index (χ3n) is 6.89. The fraction of sp³-hybridized carbons (Fsp3) is 0.417. The van der Waals surface area contributed by atoms with Gasteiger partial charge in [0.2, 0.25) is 0 Å². The lowest BCUT2D eigenvalue weighted by molar-refractivity contribution is -0.138. The van der Waals surface area contributed by atoms with Gasteiger partial charge in [-0.25, -0.2) is 13.4 Å². The van der Waals surface area contributed by atoms with Crippen LogP contribution >= 0.6 is 22.7 Å². The number of allylic oxidation sites excluding steroid dienone is 2. The molecule has 2 unspecified atom stereocenters. The Morgan fingerprint density at radius 1 is 1.25 bits per heavy atom. The monoisotopic (exact) mass is 547 g/mol. The Morgan fingerprint density at radius 2 is 2.00 bits per heavy atom. The largest absolute Gasteiger partial charge is 0.480 e. The highest BCUT2D eigenvalue weighted by Crippen LogP contribution is 2.39. The van der Waals surface area contributed by atoms with Crippen LogP contribution in [0.2, 0.25) is 0 Å². The first-order chi connectivity index (χ1) is 17.2. The lowest BCUT2D eigenvalue weighted by Crippen LogP contribution is -2.49. The van der Waals surface area contributed by atoms with Crippen LogP contribution in [0.15, 0.2) is 57.8 Å². The average Bonchev–Trinajstić information content (AvgIpc) is 3.60. The van der Waals surface area contributed by atoms with E-state index in [9.17, 15) is 13.2 Å². The van der Waals surface area contributed by atoms with Gasteiger partial charge in [0, 0.05) is 57.9 Å². The number of likely N-dealkylation sites (N-methyl/N-ethyl adjacent to an activating group) is 2. The molecule has 0 aromatic carbocycles. The number of sulfonamides is 1. The van der Waals surface area contributed by atoms with Crippen LogP contribution in [0.4, 0.5) is 0 Å². The molecule has 192 valence electrons. The second-order valence-electron chi connectivity index (χ2n) is 9.16. The third-order valence-corrected chi connectivity index (χ3v) is 11.1. The number of thiophene rings is 1. The van der Waals surface area contributed by atoms with Gasteiger partial charge in [0.15, 0.2) is 0 Å². The number of hydrogen-bond acceptors (Lipinski definition) is 9. The van der Waals surface area contributed by atoms with Crippen molar-refractivity contribution in [3.63, 3.8) is 0 Å². The van der Waals surface area contributed by atoms with Crippen molar-refractivity contribution in [2.75, 3.05) is 46.8 Å². The normalized spacial score (nSPS) is 23.1. The summed E-state index contributed by atoms with van der Waals surface area (Å²) in [5, 5.41) is 11.7. The van der Waals surface area contributed by atoms with Crippen LogP contribution in [0.1, 0.15) is 9.88 Å². The summed E-state index contributed by atoms with van der Waals surface area (Å²) in [7, 11) is 0.0537. The zero-order valence-electron chi connectivity index (χ0n) is 20.1. The molecule has 0 bridgehead atoms. The van der Waals surface area contributed by atoms with Gasteiger partial charge in [0.05, 0.1) is 24.3 Å². The molecule has 9 nitrogen and oxygen atoms in total. The lowest BCUT2D eigenvalue weighted by atomic mass is 9.96. The van der Waals surface area contributed by atoms with Crippen LogP contribution < -0.4 is 0 Å². The number of aromatic nitrogens is 1. The van der Waals surface area contributed by atoms with Gasteiger partial charge >= 0.3 is 5.97 Å². The Bertz CT molecular complexity index is 1310. The molecule has 5 rings (SSSR count). The van der Waals surface area contributed by atoms with Crippen LogP contribution in [0.3, 0.4) is 0 Å². The third kappa shape index (κ3) is 4.93. The SMILES string of the molecule is CN1C(c2ncc(CN3CCN(CC(=O)O)CC3)s2)=CC2=CC=CC(N(C)S(=O)(=O)c3cccs3)C21. The topological polar surface area (TPSA) is 97.3 Å². The van der Waals surface area contributed by atoms with E-state index in [1.807, 2.05) is 36.4 Å². The van der Waals surface area contributed by atoms with E-state index in [1.165, 1.54) is 15.6 Å². The molecule has 1 fully saturated rings. The molecular weight excluding hydrogens is 518 g/mol. The predicted octanol–water partition coefficient (Wildman–Crippen LogP) is 2.25. The summed E-state index contributed by atoms with van der Waals surface area (Å²) in [6, 6.07) is 2.94. The summed E-state index contributed by atoms with van der Waals surface area (Å²) in [4.78, 5) is 23.2. The van der Waals surface area contributed by atoms with E-state index < -0.39 is 16.0 Å². The molecule has 4 heterocycles. The van der Waals surface area contributed by atoms with Gasteiger partial charge in [-0.15, -0.1) is 22.7 Å². The minimum atomic E-state index is -3.59. The van der Waals surface area contributed by atoms with Crippen LogP contribution in [0.25, 0.3) is 5.70 Å². The van der Waals surface area contributed by atoms with Gasteiger partial charge in [-0.2, -0.15) is 4.31 Å². The van der Waals surface area contributed by atoms with Gasteiger partial charge in [0.25, 0.3) is 10.0 Å². The summed E-state index contributed by atoms with van der Waals surface area (Å²) >= 11 is 2.88. The summed E-state index contributed by atoms with van der Waals surface area (Å²) in [5.41, 5.74) is 2.06. The highest BCUT2D eigenvalue weighted by molar-refractivity contribution is 7.91. The zero-order chi connectivity index (χ0) is 25.4. The number of carboxylic acid groups (broad SMARTS) is 1. The Hall–Kier alpha value is -2.35. The molecule has 0 saturated carbocycles. The molecule has 12 heteroatoms. The molecule has 1 N–H and O–H groups in total. The number of thiazole rings is 1. The van der Waals surface area contributed by atoms with E-state index in [2.05, 4.69) is 15.9 Å². The molecule has 0 amide bonds. The molecule has 2 atom stereocenters. The van der Waals surface area contributed by atoms with Crippen molar-refractivity contribution in [2.24, 2.45) is 0 Å². The molecule has 0 spiro atoms. The van der Waals surface area contributed by atoms with Crippen LogP contribution in [-0.2, 0) is 21.4 Å². The molecule has 3 aliphatic rings. The van der Waals surface area contributed by atoms with Crippen molar-refractivity contribution >= 4 is 44.4 Å². The smallest absolute Gasteiger partial charge is 0.317 e. The maximum absolute atomic E-state index is 13.2. The quantitative estimate of drug-likeness (QED) is 0.538. The Balaban J connectivity index is 1.27. The Morgan fingerprint density at radius 3 is 2.69 bits per heavy atom. The predicted molar refractivity (Wildman–Crippen MR) is 141 cm³/mol. The van der Waals surface area contributed by atoms with Crippen molar-refractivity contribution in [3.05, 3.63) is 63.5 Å². The second kappa shape index (κ2) is 10.2. The molecule has 1 saturated heterocycles. The van der Waals surface area contributed by atoms with Crippen molar-refractivity contribution in [1.82, 2.24) is 24.0 Å². The summed E-state index contributed by atoms with van der Waals surface area (Å²) in [6.07, 6.45) is 9.95. The number of rotatable bonds is 8. The van der Waals surface area contributed by atoms with E-state index in [4.69, 9.17) is 10.1 Å². The average molecular weight is 548 g/mol. The fourth-order valence-electron chi connectivity index (χ4n) is 4.94. The van der Waals surface area contributed by atoms with Gasteiger partial charge in [-0.3, -0.25) is 14.6 Å². The number of piperazine rings is 1. The number of fused-ring (bicyclic) bond motifs is 1. The second-order valence-corrected chi connectivity index (χ2v) is 13.4. The van der Waals surface area contributed by atoms with Crippen molar-refractivity contribution in [3.8, 4) is 0 Å². The molecule has 1 aliphatic carbocycles. The van der Waals surface area contributed by atoms with E-state index >= 15 is 0 Å². The summed E-state index contributed by atoms with van der Waals surface area (Å²) in [5.74, 6) is -0.784. The maximum Gasteiger partial charge on any atom is 0.317 e. The van der Waals surface area contributed by atoms with E-state index in [-0.39, 0.29) is 18.6 Å². The molecule has 36 heavy (non-hydrogen) atoms. The number of carboxylic acids is 1. The van der Waals surface area contributed by atoms with Gasteiger partial charge in [-0.1, -0.05) is 24.3 Å². The van der Waals surface area contributed by atoms with Crippen LogP contribution in [0.5, 0.6) is 0 Å². The van der Waals surface area contributed by atoms with E-state index in [0.717, 1.165) is 53.9 Å². The van der Waals surface area contributed by atoms with Gasteiger partial charge in [0.1, 0.15) is 9.22 Å². The number of hydrogen-bond donors (Lipinski definition) is 1. The first kappa shape index (κ1) is 25.3. The molecule has 0 radical (unpaired) electrons.